The topological polar surface area (TPSA) is 75.7 Å². The summed E-state index contributed by atoms with van der Waals surface area (Å²) in [7, 11) is -3.72. The average molecular weight is 394 g/mol. The van der Waals surface area contributed by atoms with E-state index in [2.05, 4.69) is 5.32 Å². The normalized spacial score (nSPS) is 12.3. The van der Waals surface area contributed by atoms with Crippen LogP contribution in [0.15, 0.2) is 48.5 Å². The molecule has 2 aromatic rings. The molecule has 2 rings (SSSR count). The largest absolute Gasteiger partial charge is 0.492 e. The molecule has 0 radical (unpaired) electrons. The zero-order valence-corrected chi connectivity index (χ0v) is 16.3. The number of para-hydroxylation sites is 2. The van der Waals surface area contributed by atoms with Crippen molar-refractivity contribution in [2.24, 2.45) is 0 Å². The summed E-state index contributed by atoms with van der Waals surface area (Å²) in [6.45, 7) is 3.50. The predicted molar refractivity (Wildman–Crippen MR) is 103 cm³/mol. The number of hydrogen-bond acceptors (Lipinski definition) is 4. The first-order valence-corrected chi connectivity index (χ1v) is 10.3. The molecule has 0 saturated heterocycles. The van der Waals surface area contributed by atoms with Gasteiger partial charge in [-0.2, -0.15) is 0 Å². The van der Waals surface area contributed by atoms with Crippen LogP contribution in [0.2, 0.25) is 0 Å². The Kier molecular flexibility index (Phi) is 6.79. The molecule has 0 saturated carbocycles. The van der Waals surface area contributed by atoms with Gasteiger partial charge in [0.15, 0.2) is 0 Å². The Labute approximate surface area is 159 Å². The van der Waals surface area contributed by atoms with Crippen molar-refractivity contribution >= 4 is 21.6 Å². The third-order valence-corrected chi connectivity index (χ3v) is 5.00. The van der Waals surface area contributed by atoms with Gasteiger partial charge in [-0.05, 0) is 43.7 Å². The van der Waals surface area contributed by atoms with Crippen molar-refractivity contribution in [3.63, 3.8) is 0 Å². The second kappa shape index (κ2) is 8.85. The molecule has 0 aliphatic heterocycles. The molecule has 146 valence electrons. The lowest BCUT2D eigenvalue weighted by Gasteiger charge is -2.25. The van der Waals surface area contributed by atoms with E-state index in [0.717, 1.165) is 10.6 Å². The van der Waals surface area contributed by atoms with E-state index in [1.54, 1.807) is 50.2 Å². The van der Waals surface area contributed by atoms with Crippen molar-refractivity contribution < 1.29 is 22.3 Å². The molecule has 8 heteroatoms. The van der Waals surface area contributed by atoms with Crippen LogP contribution in [0.3, 0.4) is 0 Å². The third-order valence-electron chi connectivity index (χ3n) is 3.87. The second-order valence-corrected chi connectivity index (χ2v) is 7.92. The number of nitrogens with one attached hydrogen (secondary N) is 1. The summed E-state index contributed by atoms with van der Waals surface area (Å²) in [5, 5.41) is 2.73. The number of rotatable bonds is 8. The first-order chi connectivity index (χ1) is 12.7. The van der Waals surface area contributed by atoms with E-state index in [1.807, 2.05) is 0 Å². The molecule has 0 aliphatic carbocycles. The van der Waals surface area contributed by atoms with Gasteiger partial charge in [0.05, 0.1) is 24.6 Å². The number of carbonyl (C=O) groups excluding carboxylic acids is 1. The molecule has 0 aliphatic rings. The van der Waals surface area contributed by atoms with E-state index in [0.29, 0.717) is 23.6 Å². The van der Waals surface area contributed by atoms with Crippen molar-refractivity contribution in [2.45, 2.75) is 19.9 Å². The van der Waals surface area contributed by atoms with Crippen LogP contribution >= 0.6 is 0 Å². The Morgan fingerprint density at radius 3 is 2.41 bits per heavy atom. The lowest BCUT2D eigenvalue weighted by atomic mass is 10.1. The SMILES string of the molecule is CCOc1ccccc1N(CC(=O)N[C@@H](C)c1ccc(F)cc1)S(C)(=O)=O. The van der Waals surface area contributed by atoms with Crippen molar-refractivity contribution in [1.82, 2.24) is 5.32 Å². The fourth-order valence-electron chi connectivity index (χ4n) is 2.57. The fraction of sp³-hybridized carbons (Fsp3) is 0.316. The maximum atomic E-state index is 13.0. The van der Waals surface area contributed by atoms with Gasteiger partial charge in [-0.15, -0.1) is 0 Å². The molecule has 0 unspecified atom stereocenters. The van der Waals surface area contributed by atoms with Crippen LogP contribution in [0.25, 0.3) is 0 Å². The minimum atomic E-state index is -3.72. The minimum Gasteiger partial charge on any atom is -0.492 e. The van der Waals surface area contributed by atoms with Crippen LogP contribution in [0, 0.1) is 5.82 Å². The van der Waals surface area contributed by atoms with Gasteiger partial charge in [-0.3, -0.25) is 9.10 Å². The maximum Gasteiger partial charge on any atom is 0.241 e. The van der Waals surface area contributed by atoms with Gasteiger partial charge in [0.25, 0.3) is 0 Å². The van der Waals surface area contributed by atoms with Crippen molar-refractivity contribution in [2.75, 3.05) is 23.7 Å². The highest BCUT2D eigenvalue weighted by atomic mass is 32.2. The molecule has 1 N–H and O–H groups in total. The highest BCUT2D eigenvalue weighted by Gasteiger charge is 2.24. The summed E-state index contributed by atoms with van der Waals surface area (Å²) in [5.74, 6) is -0.471. The van der Waals surface area contributed by atoms with Gasteiger partial charge in [0, 0.05) is 0 Å². The van der Waals surface area contributed by atoms with E-state index in [9.17, 15) is 17.6 Å². The van der Waals surface area contributed by atoms with E-state index in [1.165, 1.54) is 12.1 Å². The van der Waals surface area contributed by atoms with Crippen LogP contribution < -0.4 is 14.4 Å². The second-order valence-electron chi connectivity index (χ2n) is 6.01. The van der Waals surface area contributed by atoms with Crippen LogP contribution in [0.4, 0.5) is 10.1 Å². The monoisotopic (exact) mass is 394 g/mol. The van der Waals surface area contributed by atoms with E-state index >= 15 is 0 Å². The highest BCUT2D eigenvalue weighted by molar-refractivity contribution is 7.92. The van der Waals surface area contributed by atoms with Crippen LogP contribution in [-0.4, -0.2) is 33.7 Å². The lowest BCUT2D eigenvalue weighted by Crippen LogP contribution is -2.41. The standard InChI is InChI=1S/C19H23FN2O4S/c1-4-26-18-8-6-5-7-17(18)22(27(3,24)25)13-19(23)21-14(2)15-9-11-16(20)12-10-15/h5-12,14H,4,13H2,1-3H3,(H,21,23)/t14-/m0/s1. The number of hydrogen-bond donors (Lipinski definition) is 1. The smallest absolute Gasteiger partial charge is 0.241 e. The zero-order valence-electron chi connectivity index (χ0n) is 15.5. The molecular formula is C19H23FN2O4S. The third kappa shape index (κ3) is 5.68. The van der Waals surface area contributed by atoms with Crippen molar-refractivity contribution in [1.29, 1.82) is 0 Å². The van der Waals surface area contributed by atoms with Crippen LogP contribution in [-0.2, 0) is 14.8 Å². The lowest BCUT2D eigenvalue weighted by molar-refractivity contribution is -0.120. The summed E-state index contributed by atoms with van der Waals surface area (Å²) in [6, 6.07) is 12.0. The summed E-state index contributed by atoms with van der Waals surface area (Å²) < 4.78 is 44.1. The Bertz CT molecular complexity index is 885. The molecule has 1 atom stereocenters. The summed E-state index contributed by atoms with van der Waals surface area (Å²) >= 11 is 0. The number of nitrogens with zero attached hydrogens (tertiary/aromatic N) is 1. The number of sulfonamides is 1. The van der Waals surface area contributed by atoms with E-state index < -0.39 is 28.5 Å². The number of benzene rings is 2. The molecule has 0 aromatic heterocycles. The Morgan fingerprint density at radius 2 is 1.81 bits per heavy atom. The number of carbonyl (C=O) groups is 1. The Morgan fingerprint density at radius 1 is 1.19 bits per heavy atom. The fourth-order valence-corrected chi connectivity index (χ4v) is 3.43. The van der Waals surface area contributed by atoms with Crippen molar-refractivity contribution in [3.05, 3.63) is 59.9 Å². The van der Waals surface area contributed by atoms with Gasteiger partial charge < -0.3 is 10.1 Å². The van der Waals surface area contributed by atoms with Crippen molar-refractivity contribution in [3.8, 4) is 5.75 Å². The van der Waals surface area contributed by atoms with Gasteiger partial charge in [-0.25, -0.2) is 12.8 Å². The molecule has 2 aromatic carbocycles. The Hall–Kier alpha value is -2.61. The summed E-state index contributed by atoms with van der Waals surface area (Å²) in [6.07, 6.45) is 1.03. The molecule has 27 heavy (non-hydrogen) atoms. The molecule has 6 nitrogen and oxygen atoms in total. The number of anilines is 1. The molecule has 0 bridgehead atoms. The van der Waals surface area contributed by atoms with Gasteiger partial charge in [0.2, 0.25) is 15.9 Å². The maximum absolute atomic E-state index is 13.0. The highest BCUT2D eigenvalue weighted by Crippen LogP contribution is 2.29. The number of halogens is 1. The Balaban J connectivity index is 2.19. The number of amides is 1. The molecule has 0 fully saturated rings. The molecule has 1 amide bonds. The minimum absolute atomic E-state index is 0.298. The van der Waals surface area contributed by atoms with Gasteiger partial charge in [0.1, 0.15) is 18.1 Å². The van der Waals surface area contributed by atoms with Gasteiger partial charge in [-0.1, -0.05) is 24.3 Å². The van der Waals surface area contributed by atoms with Crippen LogP contribution in [0.5, 0.6) is 5.75 Å². The number of ether oxygens (including phenoxy) is 1. The molecular weight excluding hydrogens is 371 g/mol. The average Bonchev–Trinajstić information content (AvgIpc) is 2.60. The van der Waals surface area contributed by atoms with Crippen LogP contribution in [0.1, 0.15) is 25.5 Å². The summed E-state index contributed by atoms with van der Waals surface area (Å²) in [4.78, 5) is 12.5. The zero-order chi connectivity index (χ0) is 20.0. The predicted octanol–water partition coefficient (Wildman–Crippen LogP) is 2.87. The van der Waals surface area contributed by atoms with E-state index in [4.69, 9.17) is 4.74 Å². The summed E-state index contributed by atoms with van der Waals surface area (Å²) in [5.41, 5.74) is 1.01. The molecule has 0 heterocycles. The first-order valence-electron chi connectivity index (χ1n) is 8.46. The quantitative estimate of drug-likeness (QED) is 0.747. The first kappa shape index (κ1) is 20.7. The van der Waals surface area contributed by atoms with E-state index in [-0.39, 0.29) is 5.82 Å². The van der Waals surface area contributed by atoms with Gasteiger partial charge >= 0.3 is 0 Å². The molecule has 0 spiro atoms.